The molecule has 0 atom stereocenters. The molecule has 5 nitrogen and oxygen atoms in total. The molecule has 2 N–H and O–H groups in total. The molecule has 1 aromatic heterocycles. The van der Waals surface area contributed by atoms with Gasteiger partial charge in [0.05, 0.1) is 11.9 Å². The molecule has 0 amide bonds. The van der Waals surface area contributed by atoms with Crippen LogP contribution in [0.25, 0.3) is 0 Å². The van der Waals surface area contributed by atoms with Gasteiger partial charge < -0.3 is 10.6 Å². The van der Waals surface area contributed by atoms with Crippen LogP contribution in [0.15, 0.2) is 53.1 Å². The Hall–Kier alpha value is -2.18. The van der Waals surface area contributed by atoms with Gasteiger partial charge in [0.1, 0.15) is 0 Å². The second kappa shape index (κ2) is 6.93. The molecule has 116 valence electrons. The van der Waals surface area contributed by atoms with Crippen LogP contribution in [-0.2, 0) is 0 Å². The lowest BCUT2D eigenvalue weighted by Crippen LogP contribution is -2.02. The largest absolute Gasteiger partial charge is 0.338 e. The number of hydrogen-bond donors (Lipinski definition) is 2. The van der Waals surface area contributed by atoms with E-state index >= 15 is 0 Å². The first-order valence-corrected chi connectivity index (χ1v) is 8.03. The molecule has 1 heterocycles. The molecule has 0 fully saturated rings. The van der Waals surface area contributed by atoms with E-state index in [-0.39, 0.29) is 0 Å². The van der Waals surface area contributed by atoms with E-state index in [2.05, 4.69) is 41.7 Å². The van der Waals surface area contributed by atoms with Gasteiger partial charge in [-0.15, -0.1) is 5.10 Å². The topological polar surface area (TPSA) is 62.7 Å². The van der Waals surface area contributed by atoms with E-state index in [1.54, 1.807) is 18.3 Å². The van der Waals surface area contributed by atoms with E-state index in [1.165, 1.54) is 5.56 Å². The van der Waals surface area contributed by atoms with Crippen molar-refractivity contribution in [2.45, 2.75) is 6.92 Å². The van der Waals surface area contributed by atoms with Crippen LogP contribution < -0.4 is 10.6 Å². The Kier molecular flexibility index (Phi) is 4.73. The zero-order valence-electron chi connectivity index (χ0n) is 12.2. The van der Waals surface area contributed by atoms with Crippen molar-refractivity contribution in [1.82, 2.24) is 15.2 Å². The molecule has 2 aromatic carbocycles. The number of nitrogens with zero attached hydrogens (tertiary/aromatic N) is 3. The van der Waals surface area contributed by atoms with Crippen LogP contribution in [-0.4, -0.2) is 15.2 Å². The summed E-state index contributed by atoms with van der Waals surface area (Å²) in [6.45, 7) is 2.04. The Balaban J connectivity index is 1.78. The van der Waals surface area contributed by atoms with E-state index in [9.17, 15) is 0 Å². The molecule has 7 heteroatoms. The lowest BCUT2D eigenvalue weighted by molar-refractivity contribution is 0.982. The van der Waals surface area contributed by atoms with Gasteiger partial charge in [0.15, 0.2) is 5.82 Å². The van der Waals surface area contributed by atoms with Crippen molar-refractivity contribution in [2.75, 3.05) is 10.6 Å². The third kappa shape index (κ3) is 4.18. The maximum atomic E-state index is 5.87. The normalized spacial score (nSPS) is 10.4. The molecule has 23 heavy (non-hydrogen) atoms. The molecular weight excluding hydrogens is 378 g/mol. The van der Waals surface area contributed by atoms with Gasteiger partial charge in [0, 0.05) is 15.2 Å². The second-order valence-electron chi connectivity index (χ2n) is 4.91. The SMILES string of the molecule is Cc1ccc(Nc2cnnc(Nc3ccc(Cl)cc3)n2)c(Br)c1. The van der Waals surface area contributed by atoms with Crippen LogP contribution in [0.2, 0.25) is 5.02 Å². The van der Waals surface area contributed by atoms with Crippen molar-refractivity contribution in [3.05, 3.63) is 63.7 Å². The van der Waals surface area contributed by atoms with Crippen molar-refractivity contribution < 1.29 is 0 Å². The van der Waals surface area contributed by atoms with Crippen LogP contribution >= 0.6 is 27.5 Å². The Morgan fingerprint density at radius 2 is 1.83 bits per heavy atom. The van der Waals surface area contributed by atoms with Crippen LogP contribution in [0.4, 0.5) is 23.1 Å². The maximum Gasteiger partial charge on any atom is 0.249 e. The molecule has 0 radical (unpaired) electrons. The number of anilines is 4. The predicted octanol–water partition coefficient (Wildman–Crippen LogP) is 5.08. The minimum absolute atomic E-state index is 0.403. The lowest BCUT2D eigenvalue weighted by Gasteiger charge is -2.09. The van der Waals surface area contributed by atoms with Crippen molar-refractivity contribution in [1.29, 1.82) is 0 Å². The molecule has 0 saturated heterocycles. The summed E-state index contributed by atoms with van der Waals surface area (Å²) in [5, 5.41) is 14.9. The molecule has 3 rings (SSSR count). The number of aromatic nitrogens is 3. The van der Waals surface area contributed by atoms with E-state index in [1.807, 2.05) is 37.3 Å². The molecule has 0 saturated carbocycles. The highest BCUT2D eigenvalue weighted by Gasteiger charge is 2.05. The van der Waals surface area contributed by atoms with Gasteiger partial charge in [0.2, 0.25) is 5.95 Å². The molecule has 0 aliphatic rings. The summed E-state index contributed by atoms with van der Waals surface area (Å²) >= 11 is 9.40. The summed E-state index contributed by atoms with van der Waals surface area (Å²) < 4.78 is 0.961. The van der Waals surface area contributed by atoms with Gasteiger partial charge in [-0.1, -0.05) is 17.7 Å². The number of halogens is 2. The average molecular weight is 391 g/mol. The quantitative estimate of drug-likeness (QED) is 0.650. The van der Waals surface area contributed by atoms with E-state index < -0.39 is 0 Å². The monoisotopic (exact) mass is 389 g/mol. The third-order valence-electron chi connectivity index (χ3n) is 3.05. The maximum absolute atomic E-state index is 5.87. The standard InChI is InChI=1S/C16H13BrClN5/c1-10-2-7-14(13(17)8-10)21-15-9-19-23-16(22-15)20-12-5-3-11(18)4-6-12/h2-9H,1H3,(H2,20,21,22,23). The van der Waals surface area contributed by atoms with Gasteiger partial charge in [-0.3, -0.25) is 0 Å². The fraction of sp³-hybridized carbons (Fsp3) is 0.0625. The van der Waals surface area contributed by atoms with Gasteiger partial charge in [-0.05, 0) is 64.8 Å². The van der Waals surface area contributed by atoms with Crippen molar-refractivity contribution in [3.8, 4) is 0 Å². The summed E-state index contributed by atoms with van der Waals surface area (Å²) in [6.07, 6.45) is 1.57. The van der Waals surface area contributed by atoms with Crippen molar-refractivity contribution >= 4 is 50.7 Å². The van der Waals surface area contributed by atoms with Gasteiger partial charge >= 0.3 is 0 Å². The zero-order chi connectivity index (χ0) is 16.2. The molecule has 0 bridgehead atoms. The molecule has 3 aromatic rings. The van der Waals surface area contributed by atoms with E-state index in [0.29, 0.717) is 16.8 Å². The highest BCUT2D eigenvalue weighted by Crippen LogP contribution is 2.26. The van der Waals surface area contributed by atoms with Gasteiger partial charge in [0.25, 0.3) is 0 Å². The third-order valence-corrected chi connectivity index (χ3v) is 3.95. The highest BCUT2D eigenvalue weighted by molar-refractivity contribution is 9.10. The molecule has 0 aliphatic heterocycles. The first-order chi connectivity index (χ1) is 11.1. The average Bonchev–Trinajstić information content (AvgIpc) is 2.53. The van der Waals surface area contributed by atoms with Crippen LogP contribution in [0, 0.1) is 6.92 Å². The molecule has 0 spiro atoms. The fourth-order valence-corrected chi connectivity index (χ4v) is 2.66. The number of benzene rings is 2. The van der Waals surface area contributed by atoms with Crippen LogP contribution in [0.1, 0.15) is 5.56 Å². The van der Waals surface area contributed by atoms with Crippen LogP contribution in [0.3, 0.4) is 0 Å². The predicted molar refractivity (Wildman–Crippen MR) is 96.7 cm³/mol. The first-order valence-electron chi connectivity index (χ1n) is 6.86. The van der Waals surface area contributed by atoms with Crippen molar-refractivity contribution in [3.63, 3.8) is 0 Å². The summed E-state index contributed by atoms with van der Waals surface area (Å²) in [6, 6.07) is 13.3. The summed E-state index contributed by atoms with van der Waals surface area (Å²) in [5.41, 5.74) is 2.92. The van der Waals surface area contributed by atoms with E-state index in [0.717, 1.165) is 15.8 Å². The van der Waals surface area contributed by atoms with Gasteiger partial charge in [-0.2, -0.15) is 10.1 Å². The Labute approximate surface area is 147 Å². The molecule has 0 unspecified atom stereocenters. The van der Waals surface area contributed by atoms with Crippen LogP contribution in [0.5, 0.6) is 0 Å². The smallest absolute Gasteiger partial charge is 0.249 e. The Bertz CT molecular complexity index is 823. The lowest BCUT2D eigenvalue weighted by atomic mass is 10.2. The van der Waals surface area contributed by atoms with E-state index in [4.69, 9.17) is 11.6 Å². The second-order valence-corrected chi connectivity index (χ2v) is 6.20. The van der Waals surface area contributed by atoms with Gasteiger partial charge in [-0.25, -0.2) is 0 Å². The molecular formula is C16H13BrClN5. The summed E-state index contributed by atoms with van der Waals surface area (Å²) in [7, 11) is 0. The fourth-order valence-electron chi connectivity index (χ4n) is 1.94. The molecule has 0 aliphatic carbocycles. The number of aryl methyl sites for hydroxylation is 1. The number of hydrogen-bond acceptors (Lipinski definition) is 5. The summed E-state index contributed by atoms with van der Waals surface area (Å²) in [4.78, 5) is 4.40. The Morgan fingerprint density at radius 3 is 2.57 bits per heavy atom. The number of nitrogens with one attached hydrogen (secondary N) is 2. The minimum atomic E-state index is 0.403. The first kappa shape index (κ1) is 15.7. The summed E-state index contributed by atoms with van der Waals surface area (Å²) in [5.74, 6) is 1.00. The zero-order valence-corrected chi connectivity index (χ0v) is 14.6. The minimum Gasteiger partial charge on any atom is -0.338 e. The number of rotatable bonds is 4. The highest BCUT2D eigenvalue weighted by atomic mass is 79.9. The van der Waals surface area contributed by atoms with Crippen molar-refractivity contribution in [2.24, 2.45) is 0 Å². The Morgan fingerprint density at radius 1 is 1.04 bits per heavy atom.